The molecule has 0 bridgehead atoms. The van der Waals surface area contributed by atoms with Gasteiger partial charge in [0.05, 0.1) is 6.54 Å². The molecule has 1 fully saturated rings. The Morgan fingerprint density at radius 3 is 2.81 bits per heavy atom. The summed E-state index contributed by atoms with van der Waals surface area (Å²) < 4.78 is 2.13. The summed E-state index contributed by atoms with van der Waals surface area (Å²) in [6.45, 7) is 7.41. The van der Waals surface area contributed by atoms with Crippen LogP contribution in [0.3, 0.4) is 0 Å². The van der Waals surface area contributed by atoms with Crippen molar-refractivity contribution < 1.29 is 0 Å². The monoisotopic (exact) mass is 222 g/mol. The zero-order chi connectivity index (χ0) is 11.5. The van der Waals surface area contributed by atoms with Gasteiger partial charge in [-0.25, -0.2) is 0 Å². The van der Waals surface area contributed by atoms with Crippen molar-refractivity contribution in [2.75, 3.05) is 0 Å². The third-order valence-corrected chi connectivity index (χ3v) is 3.36. The highest BCUT2D eigenvalue weighted by Crippen LogP contribution is 2.33. The van der Waals surface area contributed by atoms with Gasteiger partial charge in [0, 0.05) is 12.1 Å². The summed E-state index contributed by atoms with van der Waals surface area (Å²) in [4.78, 5) is 0. The van der Waals surface area contributed by atoms with Gasteiger partial charge in [-0.05, 0) is 39.0 Å². The van der Waals surface area contributed by atoms with Gasteiger partial charge >= 0.3 is 0 Å². The summed E-state index contributed by atoms with van der Waals surface area (Å²) in [5.74, 6) is 1.95. The van der Waals surface area contributed by atoms with Crippen LogP contribution in [0.1, 0.15) is 51.9 Å². The second-order valence-corrected chi connectivity index (χ2v) is 4.98. The first-order chi connectivity index (χ1) is 7.72. The minimum absolute atomic E-state index is 0.438. The Kier molecular flexibility index (Phi) is 3.59. The van der Waals surface area contributed by atoms with E-state index in [0.29, 0.717) is 12.1 Å². The maximum Gasteiger partial charge on any atom is 0.147 e. The van der Waals surface area contributed by atoms with E-state index in [-0.39, 0.29) is 0 Å². The van der Waals surface area contributed by atoms with Crippen LogP contribution in [-0.4, -0.2) is 20.8 Å². The van der Waals surface area contributed by atoms with Crippen LogP contribution in [0.15, 0.2) is 6.33 Å². The Hall–Kier alpha value is -0.900. The third-order valence-electron chi connectivity index (χ3n) is 3.36. The molecule has 1 unspecified atom stereocenters. The lowest BCUT2D eigenvalue weighted by atomic mass is 10.1. The molecule has 4 nitrogen and oxygen atoms in total. The van der Waals surface area contributed by atoms with Crippen LogP contribution in [0.2, 0.25) is 0 Å². The molecule has 1 N–H and O–H groups in total. The first kappa shape index (κ1) is 11.6. The quantitative estimate of drug-likeness (QED) is 0.802. The van der Waals surface area contributed by atoms with E-state index in [1.54, 1.807) is 0 Å². The second-order valence-electron chi connectivity index (χ2n) is 4.98. The average molecular weight is 222 g/mol. The molecule has 90 valence electrons. The van der Waals surface area contributed by atoms with Gasteiger partial charge in [-0.15, -0.1) is 10.2 Å². The minimum atomic E-state index is 0.438. The summed E-state index contributed by atoms with van der Waals surface area (Å²) in [7, 11) is 0. The van der Waals surface area contributed by atoms with Crippen molar-refractivity contribution >= 4 is 0 Å². The average Bonchev–Trinajstić information content (AvgIpc) is 2.97. The highest BCUT2D eigenvalue weighted by Gasteiger charge is 2.29. The van der Waals surface area contributed by atoms with Gasteiger partial charge < -0.3 is 9.88 Å². The predicted molar refractivity (Wildman–Crippen MR) is 64.0 cm³/mol. The molecule has 0 aliphatic heterocycles. The van der Waals surface area contributed by atoms with Gasteiger partial charge in [-0.1, -0.05) is 6.92 Å². The Balaban J connectivity index is 1.90. The van der Waals surface area contributed by atoms with E-state index in [1.165, 1.54) is 19.3 Å². The van der Waals surface area contributed by atoms with E-state index in [2.05, 4.69) is 40.9 Å². The zero-order valence-corrected chi connectivity index (χ0v) is 10.5. The van der Waals surface area contributed by atoms with E-state index in [9.17, 15) is 0 Å². The molecular formula is C12H22N4. The lowest BCUT2D eigenvalue weighted by molar-refractivity contribution is 0.430. The number of hydrogen-bond donors (Lipinski definition) is 1. The summed E-state index contributed by atoms with van der Waals surface area (Å²) in [5.41, 5.74) is 0. The molecule has 1 atom stereocenters. The number of aromatic nitrogens is 3. The molecule has 0 saturated heterocycles. The zero-order valence-electron chi connectivity index (χ0n) is 10.5. The molecule has 2 rings (SSSR count). The number of nitrogens with one attached hydrogen (secondary N) is 1. The van der Waals surface area contributed by atoms with Crippen molar-refractivity contribution in [1.82, 2.24) is 20.1 Å². The molecule has 0 amide bonds. The molecule has 1 aromatic heterocycles. The Bertz CT molecular complexity index is 328. The van der Waals surface area contributed by atoms with Crippen LogP contribution < -0.4 is 5.32 Å². The SMILES string of the molecule is CCC(NCc1nncn1C(C)C)C1CC1. The van der Waals surface area contributed by atoms with Crippen LogP contribution in [0, 0.1) is 5.92 Å². The molecule has 1 heterocycles. The van der Waals surface area contributed by atoms with Crippen molar-refractivity contribution in [3.63, 3.8) is 0 Å². The summed E-state index contributed by atoms with van der Waals surface area (Å²) in [6.07, 6.45) is 5.81. The molecule has 4 heteroatoms. The summed E-state index contributed by atoms with van der Waals surface area (Å²) >= 11 is 0. The molecule has 1 saturated carbocycles. The highest BCUT2D eigenvalue weighted by atomic mass is 15.3. The van der Waals surface area contributed by atoms with Gasteiger partial charge in [0.1, 0.15) is 12.2 Å². The number of rotatable bonds is 6. The normalized spacial score (nSPS) is 18.0. The van der Waals surface area contributed by atoms with Crippen LogP contribution >= 0.6 is 0 Å². The predicted octanol–water partition coefficient (Wildman–Crippen LogP) is 2.14. The topological polar surface area (TPSA) is 42.7 Å². The van der Waals surface area contributed by atoms with Gasteiger partial charge in [0.2, 0.25) is 0 Å². The van der Waals surface area contributed by atoms with E-state index in [4.69, 9.17) is 0 Å². The van der Waals surface area contributed by atoms with Gasteiger partial charge in [0.15, 0.2) is 0 Å². The fraction of sp³-hybridized carbons (Fsp3) is 0.833. The van der Waals surface area contributed by atoms with Crippen LogP contribution in [0.4, 0.5) is 0 Å². The van der Waals surface area contributed by atoms with Crippen molar-refractivity contribution in [2.24, 2.45) is 5.92 Å². The van der Waals surface area contributed by atoms with E-state index in [0.717, 1.165) is 18.3 Å². The lowest BCUT2D eigenvalue weighted by Crippen LogP contribution is -2.31. The van der Waals surface area contributed by atoms with Crippen LogP contribution in [0.25, 0.3) is 0 Å². The van der Waals surface area contributed by atoms with Crippen molar-refractivity contribution in [3.8, 4) is 0 Å². The van der Waals surface area contributed by atoms with E-state index in [1.807, 2.05) is 6.33 Å². The van der Waals surface area contributed by atoms with Crippen molar-refractivity contribution in [3.05, 3.63) is 12.2 Å². The molecule has 0 radical (unpaired) electrons. The first-order valence-corrected chi connectivity index (χ1v) is 6.34. The standard InChI is InChI=1S/C12H22N4/c1-4-11(10-5-6-10)13-7-12-15-14-8-16(12)9(2)3/h8-11,13H,4-7H2,1-3H3. The van der Waals surface area contributed by atoms with Gasteiger partial charge in [-0.2, -0.15) is 0 Å². The summed E-state index contributed by atoms with van der Waals surface area (Å²) in [5, 5.41) is 11.8. The molecule has 1 aromatic rings. The Morgan fingerprint density at radius 2 is 2.25 bits per heavy atom. The molecule has 16 heavy (non-hydrogen) atoms. The fourth-order valence-corrected chi connectivity index (χ4v) is 2.19. The number of hydrogen-bond acceptors (Lipinski definition) is 3. The third kappa shape index (κ3) is 2.61. The molecule has 1 aliphatic rings. The Labute approximate surface area is 97.5 Å². The molecule has 1 aliphatic carbocycles. The van der Waals surface area contributed by atoms with Crippen molar-refractivity contribution in [2.45, 2.75) is 58.7 Å². The maximum atomic E-state index is 4.17. The van der Waals surface area contributed by atoms with E-state index < -0.39 is 0 Å². The maximum absolute atomic E-state index is 4.17. The number of nitrogens with zero attached hydrogens (tertiary/aromatic N) is 3. The second kappa shape index (κ2) is 4.95. The molecular weight excluding hydrogens is 200 g/mol. The van der Waals surface area contributed by atoms with Crippen LogP contribution in [-0.2, 0) is 6.54 Å². The smallest absolute Gasteiger partial charge is 0.147 e. The Morgan fingerprint density at radius 1 is 1.50 bits per heavy atom. The molecule has 0 spiro atoms. The van der Waals surface area contributed by atoms with Crippen molar-refractivity contribution in [1.29, 1.82) is 0 Å². The van der Waals surface area contributed by atoms with Gasteiger partial charge in [0.25, 0.3) is 0 Å². The van der Waals surface area contributed by atoms with E-state index >= 15 is 0 Å². The highest BCUT2D eigenvalue weighted by molar-refractivity contribution is 4.91. The lowest BCUT2D eigenvalue weighted by Gasteiger charge is -2.17. The largest absolute Gasteiger partial charge is 0.314 e. The summed E-state index contributed by atoms with van der Waals surface area (Å²) in [6, 6.07) is 1.10. The minimum Gasteiger partial charge on any atom is -0.314 e. The van der Waals surface area contributed by atoms with Gasteiger partial charge in [-0.3, -0.25) is 0 Å². The molecule has 0 aromatic carbocycles. The fourth-order valence-electron chi connectivity index (χ4n) is 2.19. The first-order valence-electron chi connectivity index (χ1n) is 6.34. The van der Waals surface area contributed by atoms with Crippen LogP contribution in [0.5, 0.6) is 0 Å².